The van der Waals surface area contributed by atoms with E-state index in [1.165, 1.54) is 11.1 Å². The third kappa shape index (κ3) is 3.76. The molecule has 0 aliphatic carbocycles. The number of nitrogens with two attached hydrogens (primary N) is 1. The van der Waals surface area contributed by atoms with Crippen LogP contribution in [-0.2, 0) is 6.42 Å². The molecule has 0 bridgehead atoms. The molecule has 112 valence electrons. The minimum absolute atomic E-state index is 0.0744. The summed E-state index contributed by atoms with van der Waals surface area (Å²) in [7, 11) is 3.32. The Balaban J connectivity index is 2.13. The van der Waals surface area contributed by atoms with E-state index in [4.69, 9.17) is 15.2 Å². The zero-order chi connectivity index (χ0) is 15.2. The molecule has 0 aliphatic heterocycles. The molecule has 21 heavy (non-hydrogen) atoms. The van der Waals surface area contributed by atoms with Crippen molar-refractivity contribution in [1.29, 1.82) is 0 Å². The second kappa shape index (κ2) is 7.14. The summed E-state index contributed by atoms with van der Waals surface area (Å²) < 4.78 is 10.7. The monoisotopic (exact) mass is 285 g/mol. The van der Waals surface area contributed by atoms with E-state index < -0.39 is 0 Å². The third-order valence-corrected chi connectivity index (χ3v) is 3.82. The van der Waals surface area contributed by atoms with Gasteiger partial charge in [-0.3, -0.25) is 0 Å². The standard InChI is InChI=1S/C18H23NO2/c1-13-6-4-5-7-14(13)8-10-17(19)16-12-15(20-2)9-11-18(16)21-3/h4-7,9,11-12,17H,8,10,19H2,1-3H3. The summed E-state index contributed by atoms with van der Waals surface area (Å²) in [6.45, 7) is 2.13. The van der Waals surface area contributed by atoms with E-state index in [0.29, 0.717) is 0 Å². The fourth-order valence-corrected chi connectivity index (χ4v) is 2.49. The van der Waals surface area contributed by atoms with Gasteiger partial charge in [0.15, 0.2) is 0 Å². The van der Waals surface area contributed by atoms with E-state index in [-0.39, 0.29) is 6.04 Å². The highest BCUT2D eigenvalue weighted by Gasteiger charge is 2.13. The zero-order valence-electron chi connectivity index (χ0n) is 12.9. The van der Waals surface area contributed by atoms with Crippen molar-refractivity contribution in [2.75, 3.05) is 14.2 Å². The van der Waals surface area contributed by atoms with Gasteiger partial charge < -0.3 is 15.2 Å². The Morgan fingerprint density at radius 1 is 1.05 bits per heavy atom. The number of benzene rings is 2. The second-order valence-electron chi connectivity index (χ2n) is 5.18. The van der Waals surface area contributed by atoms with Gasteiger partial charge in [-0.2, -0.15) is 0 Å². The highest BCUT2D eigenvalue weighted by atomic mass is 16.5. The van der Waals surface area contributed by atoms with Crippen LogP contribution in [0.5, 0.6) is 11.5 Å². The fourth-order valence-electron chi connectivity index (χ4n) is 2.49. The molecule has 0 aromatic heterocycles. The van der Waals surface area contributed by atoms with Crippen LogP contribution in [0.2, 0.25) is 0 Å². The molecule has 3 nitrogen and oxygen atoms in total. The first-order valence-electron chi connectivity index (χ1n) is 7.17. The number of aryl methyl sites for hydroxylation is 2. The molecule has 0 fully saturated rings. The van der Waals surface area contributed by atoms with Crippen molar-refractivity contribution in [2.45, 2.75) is 25.8 Å². The molecular formula is C18H23NO2. The minimum atomic E-state index is -0.0744. The molecular weight excluding hydrogens is 262 g/mol. The first-order chi connectivity index (χ1) is 10.2. The molecule has 2 rings (SSSR count). The summed E-state index contributed by atoms with van der Waals surface area (Å²) >= 11 is 0. The molecule has 2 N–H and O–H groups in total. The lowest BCUT2D eigenvalue weighted by Gasteiger charge is -2.17. The first-order valence-corrected chi connectivity index (χ1v) is 7.17. The predicted molar refractivity (Wildman–Crippen MR) is 86.0 cm³/mol. The quantitative estimate of drug-likeness (QED) is 0.881. The molecule has 2 aromatic carbocycles. The molecule has 1 unspecified atom stereocenters. The molecule has 2 aromatic rings. The first kappa shape index (κ1) is 15.4. The average Bonchev–Trinajstić information content (AvgIpc) is 2.53. The summed E-state index contributed by atoms with van der Waals surface area (Å²) in [5.74, 6) is 1.62. The Hall–Kier alpha value is -2.00. The van der Waals surface area contributed by atoms with Gasteiger partial charge in [0, 0.05) is 11.6 Å². The van der Waals surface area contributed by atoms with Gasteiger partial charge in [0.05, 0.1) is 14.2 Å². The normalized spacial score (nSPS) is 12.0. The molecule has 0 aliphatic rings. The maximum atomic E-state index is 6.36. The second-order valence-corrected chi connectivity index (χ2v) is 5.18. The van der Waals surface area contributed by atoms with Gasteiger partial charge in [0.25, 0.3) is 0 Å². The van der Waals surface area contributed by atoms with Gasteiger partial charge >= 0.3 is 0 Å². The molecule has 0 heterocycles. The molecule has 0 saturated carbocycles. The molecule has 3 heteroatoms. The van der Waals surface area contributed by atoms with Crippen molar-refractivity contribution in [3.05, 3.63) is 59.2 Å². The van der Waals surface area contributed by atoms with Crippen molar-refractivity contribution < 1.29 is 9.47 Å². The van der Waals surface area contributed by atoms with Crippen molar-refractivity contribution >= 4 is 0 Å². The lowest BCUT2D eigenvalue weighted by molar-refractivity contribution is 0.394. The van der Waals surface area contributed by atoms with Gasteiger partial charge in [-0.25, -0.2) is 0 Å². The van der Waals surface area contributed by atoms with Crippen molar-refractivity contribution in [3.8, 4) is 11.5 Å². The van der Waals surface area contributed by atoms with E-state index in [1.807, 2.05) is 18.2 Å². The predicted octanol–water partition coefficient (Wildman–Crippen LogP) is 3.64. The van der Waals surface area contributed by atoms with Gasteiger partial charge in [-0.1, -0.05) is 24.3 Å². The smallest absolute Gasteiger partial charge is 0.123 e. The number of ether oxygens (including phenoxy) is 2. The molecule has 0 saturated heterocycles. The Kier molecular flexibility index (Phi) is 5.23. The third-order valence-electron chi connectivity index (χ3n) is 3.82. The average molecular weight is 285 g/mol. The zero-order valence-corrected chi connectivity index (χ0v) is 12.9. The maximum Gasteiger partial charge on any atom is 0.123 e. The maximum absolute atomic E-state index is 6.36. The van der Waals surface area contributed by atoms with E-state index in [1.54, 1.807) is 14.2 Å². The van der Waals surface area contributed by atoms with Crippen LogP contribution in [0.4, 0.5) is 0 Å². The fraction of sp³-hybridized carbons (Fsp3) is 0.333. The van der Waals surface area contributed by atoms with Crippen molar-refractivity contribution in [1.82, 2.24) is 0 Å². The van der Waals surface area contributed by atoms with Gasteiger partial charge in [-0.15, -0.1) is 0 Å². The van der Waals surface area contributed by atoms with Crippen molar-refractivity contribution in [3.63, 3.8) is 0 Å². The highest BCUT2D eigenvalue weighted by molar-refractivity contribution is 5.42. The highest BCUT2D eigenvalue weighted by Crippen LogP contribution is 2.30. The SMILES string of the molecule is COc1ccc(OC)c(C(N)CCc2ccccc2C)c1. The van der Waals surface area contributed by atoms with Gasteiger partial charge in [0.1, 0.15) is 11.5 Å². The van der Waals surface area contributed by atoms with E-state index >= 15 is 0 Å². The summed E-state index contributed by atoms with van der Waals surface area (Å²) in [6, 6.07) is 14.1. The Morgan fingerprint density at radius 2 is 1.81 bits per heavy atom. The number of hydrogen-bond donors (Lipinski definition) is 1. The van der Waals surface area contributed by atoms with Crippen LogP contribution in [0.25, 0.3) is 0 Å². The van der Waals surface area contributed by atoms with E-state index in [9.17, 15) is 0 Å². The minimum Gasteiger partial charge on any atom is -0.497 e. The summed E-state index contributed by atoms with van der Waals surface area (Å²) in [6.07, 6.45) is 1.82. The van der Waals surface area contributed by atoms with Crippen LogP contribution in [0.1, 0.15) is 29.2 Å². The molecule has 1 atom stereocenters. The Bertz CT molecular complexity index is 596. The summed E-state index contributed by atoms with van der Waals surface area (Å²) in [4.78, 5) is 0. The van der Waals surface area contributed by atoms with Crippen LogP contribution in [0, 0.1) is 6.92 Å². The van der Waals surface area contributed by atoms with E-state index in [0.717, 1.165) is 29.9 Å². The lowest BCUT2D eigenvalue weighted by Crippen LogP contribution is -2.13. The van der Waals surface area contributed by atoms with Crippen LogP contribution in [-0.4, -0.2) is 14.2 Å². The molecule has 0 radical (unpaired) electrons. The number of rotatable bonds is 6. The van der Waals surface area contributed by atoms with E-state index in [2.05, 4.69) is 31.2 Å². The van der Waals surface area contributed by atoms with Crippen molar-refractivity contribution in [2.24, 2.45) is 5.73 Å². The summed E-state index contributed by atoms with van der Waals surface area (Å²) in [5.41, 5.74) is 10.00. The van der Waals surface area contributed by atoms with Crippen LogP contribution in [0.15, 0.2) is 42.5 Å². The van der Waals surface area contributed by atoms with Crippen LogP contribution >= 0.6 is 0 Å². The number of hydrogen-bond acceptors (Lipinski definition) is 3. The Morgan fingerprint density at radius 3 is 2.48 bits per heavy atom. The Labute approximate surface area is 126 Å². The number of methoxy groups -OCH3 is 2. The van der Waals surface area contributed by atoms with Gasteiger partial charge in [0.2, 0.25) is 0 Å². The van der Waals surface area contributed by atoms with Gasteiger partial charge in [-0.05, 0) is 49.1 Å². The molecule has 0 spiro atoms. The molecule has 0 amide bonds. The van der Waals surface area contributed by atoms with Crippen LogP contribution in [0.3, 0.4) is 0 Å². The van der Waals surface area contributed by atoms with Crippen LogP contribution < -0.4 is 15.2 Å². The largest absolute Gasteiger partial charge is 0.497 e. The lowest BCUT2D eigenvalue weighted by atomic mass is 9.97. The summed E-state index contributed by atoms with van der Waals surface area (Å²) in [5, 5.41) is 0. The topological polar surface area (TPSA) is 44.5 Å².